The van der Waals surface area contributed by atoms with Crippen molar-refractivity contribution in [3.05, 3.63) is 88.1 Å². The lowest BCUT2D eigenvalue weighted by atomic mass is 9.97. The van der Waals surface area contributed by atoms with Gasteiger partial charge in [0, 0.05) is 37.2 Å². The third-order valence-corrected chi connectivity index (χ3v) is 8.76. The van der Waals surface area contributed by atoms with Gasteiger partial charge in [-0.3, -0.25) is 4.90 Å². The summed E-state index contributed by atoms with van der Waals surface area (Å²) in [6.07, 6.45) is 3.93. The second-order valence-corrected chi connectivity index (χ2v) is 11.7. The minimum Gasteiger partial charge on any atom is -0.477 e. The highest BCUT2D eigenvalue weighted by molar-refractivity contribution is 6.30. The van der Waals surface area contributed by atoms with Crippen molar-refractivity contribution in [3.63, 3.8) is 0 Å². The lowest BCUT2D eigenvalue weighted by Crippen LogP contribution is -2.35. The van der Waals surface area contributed by atoms with E-state index in [-0.39, 0.29) is 23.4 Å². The van der Waals surface area contributed by atoms with Crippen molar-refractivity contribution < 1.29 is 28.5 Å². The Bertz CT molecular complexity index is 1790. The Morgan fingerprint density at radius 3 is 2.74 bits per heavy atom. The first kappa shape index (κ1) is 27.8. The number of fused-ring (bicyclic) bond motifs is 2. The van der Waals surface area contributed by atoms with Crippen LogP contribution < -0.4 is 9.47 Å². The third-order valence-electron chi connectivity index (χ3n) is 8.53. The molecule has 7 rings (SSSR count). The highest BCUT2D eigenvalue weighted by Crippen LogP contribution is 2.49. The Morgan fingerprint density at radius 1 is 1.21 bits per heavy atom. The van der Waals surface area contributed by atoms with Crippen molar-refractivity contribution in [2.24, 2.45) is 0 Å². The second-order valence-electron chi connectivity index (χ2n) is 11.3. The summed E-state index contributed by atoms with van der Waals surface area (Å²) in [7, 11) is 0. The molecule has 0 amide bonds. The second kappa shape index (κ2) is 10.6. The van der Waals surface area contributed by atoms with Gasteiger partial charge in [-0.2, -0.15) is 0 Å². The van der Waals surface area contributed by atoms with E-state index in [0.29, 0.717) is 40.8 Å². The third kappa shape index (κ3) is 4.93. The summed E-state index contributed by atoms with van der Waals surface area (Å²) in [5, 5.41) is 9.82. The molecule has 43 heavy (non-hydrogen) atoms. The van der Waals surface area contributed by atoms with Crippen LogP contribution in [0.15, 0.2) is 54.6 Å². The van der Waals surface area contributed by atoms with Crippen molar-refractivity contribution in [3.8, 4) is 11.5 Å². The van der Waals surface area contributed by atoms with Crippen molar-refractivity contribution in [1.82, 2.24) is 19.4 Å². The number of ether oxygens (including phenoxy) is 3. The molecule has 0 radical (unpaired) electrons. The molecule has 0 bridgehead atoms. The van der Waals surface area contributed by atoms with Gasteiger partial charge in [0.2, 0.25) is 0 Å². The van der Waals surface area contributed by atoms with Gasteiger partial charge in [0.25, 0.3) is 5.79 Å². The first-order valence-corrected chi connectivity index (χ1v) is 14.7. The van der Waals surface area contributed by atoms with Gasteiger partial charge in [-0.1, -0.05) is 29.8 Å². The van der Waals surface area contributed by atoms with Crippen LogP contribution in [0.3, 0.4) is 0 Å². The number of aromatic nitrogens is 3. The van der Waals surface area contributed by atoms with E-state index in [2.05, 4.69) is 22.9 Å². The number of halogens is 2. The molecular formula is C32H30ClFN4O5. The van der Waals surface area contributed by atoms with Crippen LogP contribution in [-0.2, 0) is 17.1 Å². The van der Waals surface area contributed by atoms with Crippen molar-refractivity contribution in [2.75, 3.05) is 19.7 Å². The molecule has 0 aliphatic carbocycles. The van der Waals surface area contributed by atoms with Crippen LogP contribution >= 0.6 is 11.6 Å². The molecule has 11 heteroatoms. The number of carbonyl (C=O) groups is 1. The van der Waals surface area contributed by atoms with Crippen LogP contribution in [0, 0.1) is 5.82 Å². The predicted molar refractivity (Wildman–Crippen MR) is 158 cm³/mol. The van der Waals surface area contributed by atoms with Crippen LogP contribution in [0.1, 0.15) is 60.2 Å². The number of rotatable bonds is 7. The molecule has 3 aliphatic heterocycles. The SMILES string of the molecule is C[C@@H](c1nc2ccc(C(=O)O)nc2n1C[C@@H]1CCO1)N1CC=C(c2cccc3c2O[C@@](C)(c2ccc(Cl)cc2F)O3)CC1. The van der Waals surface area contributed by atoms with Gasteiger partial charge in [0.1, 0.15) is 17.2 Å². The maximum Gasteiger partial charge on any atom is 0.354 e. The molecule has 2 aromatic carbocycles. The van der Waals surface area contributed by atoms with Crippen LogP contribution in [0.25, 0.3) is 16.7 Å². The van der Waals surface area contributed by atoms with Gasteiger partial charge in [-0.05, 0) is 61.7 Å². The van der Waals surface area contributed by atoms with E-state index in [1.807, 2.05) is 22.8 Å². The van der Waals surface area contributed by atoms with Crippen LogP contribution in [-0.4, -0.2) is 56.3 Å². The summed E-state index contributed by atoms with van der Waals surface area (Å²) in [5.41, 5.74) is 3.53. The van der Waals surface area contributed by atoms with Crippen LogP contribution in [0.2, 0.25) is 5.02 Å². The molecule has 222 valence electrons. The number of hydrogen-bond donors (Lipinski definition) is 1. The first-order chi connectivity index (χ1) is 20.7. The van der Waals surface area contributed by atoms with Crippen LogP contribution in [0.4, 0.5) is 4.39 Å². The standard InChI is InChI=1S/C32H30ClFN4O5/c1-18(29-35-25-8-9-26(31(39)40)36-30(25)38(29)17-21-12-15-41-21)37-13-10-19(11-14-37)22-4-3-5-27-28(22)43-32(2,42-27)23-7-6-20(33)16-24(23)34/h3-10,16,18,21H,11-15,17H2,1-2H3,(H,39,40)/t18-,21-,32-/m0/s1. The minimum atomic E-state index is -1.32. The summed E-state index contributed by atoms with van der Waals surface area (Å²) < 4.78 is 35.0. The lowest BCUT2D eigenvalue weighted by molar-refractivity contribution is -0.0708. The quantitative estimate of drug-likeness (QED) is 0.266. The average molecular weight is 605 g/mol. The van der Waals surface area contributed by atoms with Gasteiger partial charge in [0.15, 0.2) is 22.8 Å². The van der Waals surface area contributed by atoms with E-state index in [0.717, 1.165) is 43.0 Å². The number of para-hydroxylation sites is 1. The number of aromatic carboxylic acids is 1. The largest absolute Gasteiger partial charge is 0.477 e. The van der Waals surface area contributed by atoms with Gasteiger partial charge in [-0.25, -0.2) is 19.2 Å². The zero-order chi connectivity index (χ0) is 29.9. The summed E-state index contributed by atoms with van der Waals surface area (Å²) in [6.45, 7) is 6.54. The Hall–Kier alpha value is -3.99. The molecule has 1 saturated heterocycles. The smallest absolute Gasteiger partial charge is 0.354 e. The normalized spacial score (nSPS) is 22.3. The Labute approximate surface area is 252 Å². The fraction of sp³-hybridized carbons (Fsp3) is 0.344. The molecule has 1 N–H and O–H groups in total. The molecule has 3 aliphatic rings. The molecule has 0 saturated carbocycles. The maximum absolute atomic E-state index is 14.8. The number of carboxylic acids is 1. The van der Waals surface area contributed by atoms with Crippen molar-refractivity contribution in [2.45, 2.75) is 51.2 Å². The average Bonchev–Trinajstić information content (AvgIpc) is 3.51. The zero-order valence-corrected chi connectivity index (χ0v) is 24.5. The number of hydrogen-bond acceptors (Lipinski definition) is 7. The summed E-state index contributed by atoms with van der Waals surface area (Å²) in [5.74, 6) is -0.898. The number of nitrogens with zero attached hydrogens (tertiary/aromatic N) is 4. The van der Waals surface area contributed by atoms with Gasteiger partial charge < -0.3 is 23.9 Å². The monoisotopic (exact) mass is 604 g/mol. The van der Waals surface area contributed by atoms with Crippen molar-refractivity contribution >= 4 is 34.3 Å². The van der Waals surface area contributed by atoms with E-state index in [1.165, 1.54) is 12.1 Å². The molecule has 0 unspecified atom stereocenters. The van der Waals surface area contributed by atoms with Crippen LogP contribution in [0.5, 0.6) is 11.5 Å². The molecule has 1 fully saturated rings. The van der Waals surface area contributed by atoms with Crippen molar-refractivity contribution in [1.29, 1.82) is 0 Å². The maximum atomic E-state index is 14.8. The van der Waals surface area contributed by atoms with Gasteiger partial charge in [-0.15, -0.1) is 0 Å². The molecular weight excluding hydrogens is 575 g/mol. The topological polar surface area (TPSA) is 98.9 Å². The van der Waals surface area contributed by atoms with E-state index >= 15 is 0 Å². The molecule has 9 nitrogen and oxygen atoms in total. The Balaban J connectivity index is 1.15. The molecule has 5 heterocycles. The molecule has 3 atom stereocenters. The van der Waals surface area contributed by atoms with E-state index in [4.69, 9.17) is 30.8 Å². The minimum absolute atomic E-state index is 0.00980. The van der Waals surface area contributed by atoms with Gasteiger partial charge in [0.05, 0.1) is 24.3 Å². The molecule has 4 aromatic rings. The molecule has 2 aromatic heterocycles. The highest BCUT2D eigenvalue weighted by Gasteiger charge is 2.42. The fourth-order valence-electron chi connectivity index (χ4n) is 6.06. The highest BCUT2D eigenvalue weighted by atomic mass is 35.5. The Kier molecular flexibility index (Phi) is 6.87. The Morgan fingerprint density at radius 2 is 2.05 bits per heavy atom. The number of carboxylic acid groups (broad SMARTS) is 1. The summed E-state index contributed by atoms with van der Waals surface area (Å²) >= 11 is 5.97. The summed E-state index contributed by atoms with van der Waals surface area (Å²) in [6, 6.07) is 13.4. The number of imidazole rings is 1. The fourth-order valence-corrected chi connectivity index (χ4v) is 6.22. The molecule has 0 spiro atoms. The van der Waals surface area contributed by atoms with E-state index < -0.39 is 17.6 Å². The lowest BCUT2D eigenvalue weighted by Gasteiger charge is -2.33. The number of pyridine rings is 1. The predicted octanol–water partition coefficient (Wildman–Crippen LogP) is 6.21. The summed E-state index contributed by atoms with van der Waals surface area (Å²) in [4.78, 5) is 23.3. The number of benzene rings is 2. The van der Waals surface area contributed by atoms with E-state index in [1.54, 1.807) is 25.1 Å². The zero-order valence-electron chi connectivity index (χ0n) is 23.7. The first-order valence-electron chi connectivity index (χ1n) is 14.3. The van der Waals surface area contributed by atoms with E-state index in [9.17, 15) is 14.3 Å². The van der Waals surface area contributed by atoms with Gasteiger partial charge >= 0.3 is 5.97 Å².